The molecule has 2 N–H and O–H groups in total. The zero-order chi connectivity index (χ0) is 16.1. The quantitative estimate of drug-likeness (QED) is 0.750. The van der Waals surface area contributed by atoms with Crippen LogP contribution in [0.25, 0.3) is 0 Å². The van der Waals surface area contributed by atoms with Gasteiger partial charge in [-0.3, -0.25) is 0 Å². The zero-order valence-corrected chi connectivity index (χ0v) is 14.5. The molecule has 2 rings (SSSR count). The normalized spacial score (nSPS) is 10.8. The van der Waals surface area contributed by atoms with Crippen molar-refractivity contribution < 1.29 is 0 Å². The van der Waals surface area contributed by atoms with Crippen LogP contribution in [0.5, 0.6) is 0 Å². The van der Waals surface area contributed by atoms with Crippen LogP contribution in [0, 0.1) is 12.8 Å². The third-order valence-corrected chi connectivity index (χ3v) is 3.90. The summed E-state index contributed by atoms with van der Waals surface area (Å²) in [5.74, 6) is 1.95. The smallest absolute Gasteiger partial charge is 0.229 e. The lowest BCUT2D eigenvalue weighted by Gasteiger charge is -2.12. The van der Waals surface area contributed by atoms with Crippen LogP contribution in [0.4, 0.5) is 17.5 Å². The number of aromatic nitrogens is 2. The van der Waals surface area contributed by atoms with Gasteiger partial charge in [0, 0.05) is 18.3 Å². The van der Waals surface area contributed by atoms with E-state index >= 15 is 0 Å². The van der Waals surface area contributed by atoms with Gasteiger partial charge in [0.15, 0.2) is 0 Å². The first-order valence-corrected chi connectivity index (χ1v) is 8.02. The average molecular weight is 339 g/mol. The molecule has 0 bridgehead atoms. The molecule has 0 aliphatic carbocycles. The predicted octanol–water partition coefficient (Wildman–Crippen LogP) is 5.29. The Kier molecular flexibility index (Phi) is 5.86. The number of nitrogens with zero attached hydrogens (tertiary/aromatic N) is 2. The average Bonchev–Trinajstić information content (AvgIpc) is 2.43. The molecule has 6 heteroatoms. The van der Waals surface area contributed by atoms with Crippen LogP contribution in [-0.2, 0) is 0 Å². The van der Waals surface area contributed by atoms with Crippen molar-refractivity contribution in [2.45, 2.75) is 27.2 Å². The van der Waals surface area contributed by atoms with Crippen molar-refractivity contribution in [1.82, 2.24) is 9.97 Å². The largest absolute Gasteiger partial charge is 0.370 e. The van der Waals surface area contributed by atoms with Gasteiger partial charge in [-0.05, 0) is 31.4 Å². The molecule has 0 aliphatic heterocycles. The van der Waals surface area contributed by atoms with Crippen LogP contribution in [0.2, 0.25) is 10.0 Å². The molecule has 1 heterocycles. The van der Waals surface area contributed by atoms with Crippen LogP contribution in [0.15, 0.2) is 24.3 Å². The molecular formula is C16H20Cl2N4. The SMILES string of the molecule is Cc1cc(NCCC(C)C)nc(Nc2cccc(Cl)c2Cl)n1. The van der Waals surface area contributed by atoms with E-state index in [0.717, 1.165) is 24.5 Å². The zero-order valence-electron chi connectivity index (χ0n) is 13.0. The van der Waals surface area contributed by atoms with E-state index in [4.69, 9.17) is 23.2 Å². The molecule has 0 aliphatic rings. The Morgan fingerprint density at radius 3 is 2.68 bits per heavy atom. The van der Waals surface area contributed by atoms with Crippen molar-refractivity contribution in [1.29, 1.82) is 0 Å². The summed E-state index contributed by atoms with van der Waals surface area (Å²) in [4.78, 5) is 8.84. The van der Waals surface area contributed by atoms with Gasteiger partial charge >= 0.3 is 0 Å². The van der Waals surface area contributed by atoms with E-state index in [1.54, 1.807) is 6.07 Å². The van der Waals surface area contributed by atoms with Gasteiger partial charge in [0.2, 0.25) is 5.95 Å². The number of hydrogen-bond acceptors (Lipinski definition) is 4. The summed E-state index contributed by atoms with van der Waals surface area (Å²) >= 11 is 12.2. The molecule has 0 fully saturated rings. The molecule has 1 aromatic heterocycles. The number of aryl methyl sites for hydroxylation is 1. The molecule has 0 saturated carbocycles. The van der Waals surface area contributed by atoms with Crippen LogP contribution in [-0.4, -0.2) is 16.5 Å². The van der Waals surface area contributed by atoms with Gasteiger partial charge in [-0.15, -0.1) is 0 Å². The highest BCUT2D eigenvalue weighted by molar-refractivity contribution is 6.43. The predicted molar refractivity (Wildman–Crippen MR) is 94.5 cm³/mol. The van der Waals surface area contributed by atoms with Gasteiger partial charge in [0.05, 0.1) is 15.7 Å². The van der Waals surface area contributed by atoms with Crippen molar-refractivity contribution in [3.05, 3.63) is 40.0 Å². The molecule has 0 atom stereocenters. The number of halogens is 2. The first-order valence-electron chi connectivity index (χ1n) is 7.26. The number of anilines is 3. The Morgan fingerprint density at radius 2 is 1.95 bits per heavy atom. The van der Waals surface area contributed by atoms with Gasteiger partial charge < -0.3 is 10.6 Å². The molecule has 118 valence electrons. The number of benzene rings is 1. The van der Waals surface area contributed by atoms with Gasteiger partial charge in [-0.25, -0.2) is 4.98 Å². The van der Waals surface area contributed by atoms with Crippen molar-refractivity contribution in [2.75, 3.05) is 17.2 Å². The van der Waals surface area contributed by atoms with Crippen molar-refractivity contribution in [2.24, 2.45) is 5.92 Å². The highest BCUT2D eigenvalue weighted by Crippen LogP contribution is 2.31. The fourth-order valence-corrected chi connectivity index (χ4v) is 2.27. The maximum absolute atomic E-state index is 6.18. The minimum Gasteiger partial charge on any atom is -0.370 e. The summed E-state index contributed by atoms with van der Waals surface area (Å²) < 4.78 is 0. The molecule has 0 radical (unpaired) electrons. The van der Waals surface area contributed by atoms with Crippen LogP contribution < -0.4 is 10.6 Å². The third kappa shape index (κ3) is 4.75. The van der Waals surface area contributed by atoms with Gasteiger partial charge in [-0.2, -0.15) is 4.98 Å². The first kappa shape index (κ1) is 16.8. The topological polar surface area (TPSA) is 49.8 Å². The lowest BCUT2D eigenvalue weighted by molar-refractivity contribution is 0.606. The summed E-state index contributed by atoms with van der Waals surface area (Å²) in [5, 5.41) is 7.39. The minimum absolute atomic E-state index is 0.462. The maximum atomic E-state index is 6.18. The molecule has 0 unspecified atom stereocenters. The second-order valence-corrected chi connectivity index (χ2v) is 6.34. The van der Waals surface area contributed by atoms with Crippen LogP contribution >= 0.6 is 23.2 Å². The first-order chi connectivity index (χ1) is 10.5. The lowest BCUT2D eigenvalue weighted by Crippen LogP contribution is -2.08. The standard InChI is InChI=1S/C16H20Cl2N4/c1-10(2)7-8-19-14-9-11(3)20-16(22-14)21-13-6-4-5-12(17)15(13)18/h4-6,9-10H,7-8H2,1-3H3,(H2,19,20,21,22). The fourth-order valence-electron chi connectivity index (χ4n) is 1.92. The van der Waals surface area contributed by atoms with E-state index in [0.29, 0.717) is 27.6 Å². The van der Waals surface area contributed by atoms with Crippen molar-refractivity contribution in [3.63, 3.8) is 0 Å². The molecule has 22 heavy (non-hydrogen) atoms. The van der Waals surface area contributed by atoms with Gasteiger partial charge in [0.25, 0.3) is 0 Å². The van der Waals surface area contributed by atoms with Gasteiger partial charge in [-0.1, -0.05) is 43.1 Å². The van der Waals surface area contributed by atoms with E-state index < -0.39 is 0 Å². The van der Waals surface area contributed by atoms with Gasteiger partial charge in [0.1, 0.15) is 5.82 Å². The highest BCUT2D eigenvalue weighted by Gasteiger charge is 2.07. The van der Waals surface area contributed by atoms with E-state index in [1.807, 2.05) is 25.1 Å². The van der Waals surface area contributed by atoms with Crippen LogP contribution in [0.1, 0.15) is 26.0 Å². The molecule has 0 amide bonds. The Morgan fingerprint density at radius 1 is 1.18 bits per heavy atom. The molecule has 0 saturated heterocycles. The second kappa shape index (κ2) is 7.65. The number of nitrogens with one attached hydrogen (secondary N) is 2. The second-order valence-electron chi connectivity index (χ2n) is 5.55. The van der Waals surface area contributed by atoms with E-state index in [2.05, 4.69) is 34.4 Å². The molecule has 1 aromatic carbocycles. The number of rotatable bonds is 6. The van der Waals surface area contributed by atoms with E-state index in [1.165, 1.54) is 0 Å². The Bertz CT molecular complexity index is 644. The Balaban J connectivity index is 2.14. The summed E-state index contributed by atoms with van der Waals surface area (Å²) in [6.07, 6.45) is 1.09. The third-order valence-electron chi connectivity index (χ3n) is 3.08. The Hall–Kier alpha value is -1.52. The van der Waals surface area contributed by atoms with Crippen molar-refractivity contribution in [3.8, 4) is 0 Å². The minimum atomic E-state index is 0.462. The molecular weight excluding hydrogens is 319 g/mol. The molecule has 0 spiro atoms. The summed E-state index contributed by atoms with van der Waals surface area (Å²) in [6.45, 7) is 7.20. The lowest BCUT2D eigenvalue weighted by atomic mass is 10.1. The van der Waals surface area contributed by atoms with Crippen LogP contribution in [0.3, 0.4) is 0 Å². The van der Waals surface area contributed by atoms with E-state index in [-0.39, 0.29) is 0 Å². The molecule has 2 aromatic rings. The summed E-state index contributed by atoms with van der Waals surface area (Å²) in [7, 11) is 0. The van der Waals surface area contributed by atoms with E-state index in [9.17, 15) is 0 Å². The fraction of sp³-hybridized carbons (Fsp3) is 0.375. The Labute approximate surface area is 141 Å². The highest BCUT2D eigenvalue weighted by atomic mass is 35.5. The summed E-state index contributed by atoms with van der Waals surface area (Å²) in [5.41, 5.74) is 1.57. The maximum Gasteiger partial charge on any atom is 0.229 e. The summed E-state index contributed by atoms with van der Waals surface area (Å²) in [6, 6.07) is 7.33. The monoisotopic (exact) mass is 338 g/mol. The van der Waals surface area contributed by atoms with Crippen molar-refractivity contribution >= 4 is 40.7 Å². The molecule has 4 nitrogen and oxygen atoms in total. The number of hydrogen-bond donors (Lipinski definition) is 2.